The van der Waals surface area contributed by atoms with E-state index in [2.05, 4.69) is 90.4 Å². The van der Waals surface area contributed by atoms with Crippen molar-refractivity contribution in [3.05, 3.63) is 99.4 Å². The molecule has 4 heterocycles. The van der Waals surface area contributed by atoms with E-state index in [-0.39, 0.29) is 63.0 Å². The number of amides is 1. The van der Waals surface area contributed by atoms with Crippen LogP contribution in [0, 0.1) is 11.3 Å². The highest BCUT2D eigenvalue weighted by Crippen LogP contribution is 2.63. The molecule has 4 fully saturated rings. The van der Waals surface area contributed by atoms with Crippen LogP contribution in [0.2, 0.25) is 5.02 Å². The topological polar surface area (TPSA) is 190 Å². The standard InChI is InChI=1S/C57H67ClN6O8S2.CH4O/c1-55(2)30-42-44(61-39-14-9-12-37(29-39)51-49(58)50(71-27-26-66)52(74-51)54(69)70)31-57(55,5)64(56(42,3)4)73-33-35-17-20-47(43(28-35)59-6)72-34-63-23-21-36(22-24-63)40-18-19-45(48-38(32-67)13-10-15-41(40)48)62(8)46(16-11-25-65)53(68)60-7;1-2/h9-10,12-15,17-20,25-26,28-29,32,36,42,44,46,61H,6,11,16,21-24,27,30-31,33-34H2,1-5,7-8H3,(H,60,68)(H,69,70);2H,1H3. The number of aliphatic imine (C=N–C) groups is 1. The number of carboxylic acid groups (broad SMARTS) is 1. The Balaban J connectivity index is 0.00000415. The summed E-state index contributed by atoms with van der Waals surface area (Å²) in [6, 6.07) is 23.6. The lowest BCUT2D eigenvalue weighted by Crippen LogP contribution is -2.75. The average Bonchev–Trinajstić information content (AvgIpc) is 3.87. The number of aromatic carboxylic acids is 1. The molecule has 76 heavy (non-hydrogen) atoms. The molecule has 1 aromatic heterocycles. The molecule has 1 amide bonds. The predicted octanol–water partition coefficient (Wildman–Crippen LogP) is 10.9. The number of aliphatic hydroxyl groups is 1. The molecule has 1 aliphatic carbocycles. The Morgan fingerprint density at radius 3 is 2.39 bits per heavy atom. The summed E-state index contributed by atoms with van der Waals surface area (Å²) in [5.74, 6) is 0.643. The van der Waals surface area contributed by atoms with Gasteiger partial charge in [0.05, 0.1) is 4.88 Å². The van der Waals surface area contributed by atoms with Crippen LogP contribution in [0.3, 0.4) is 0 Å². The lowest BCUT2D eigenvalue weighted by atomic mass is 9.51. The number of nitrogens with zero attached hydrogens (tertiary/aromatic N) is 4. The number of thiophene rings is 1. The third kappa shape index (κ3) is 11.6. The average molecular weight is 1100 g/mol. The van der Waals surface area contributed by atoms with Gasteiger partial charge in [0.1, 0.15) is 42.1 Å². The Hall–Kier alpha value is -5.82. The fourth-order valence-electron chi connectivity index (χ4n) is 11.9. The second-order valence-corrected chi connectivity index (χ2v) is 23.4. The van der Waals surface area contributed by atoms with E-state index in [9.17, 15) is 29.1 Å². The van der Waals surface area contributed by atoms with E-state index in [1.54, 1.807) is 7.05 Å². The number of hydrogen-bond donors (Lipinski definition) is 4. The number of benzene rings is 4. The molecule has 15 nitrogen and oxygen atoms in total. The number of carbonyl (C=O) groups is 5. The summed E-state index contributed by atoms with van der Waals surface area (Å²) in [6.07, 6.45) is 6.62. The summed E-state index contributed by atoms with van der Waals surface area (Å²) in [5.41, 5.74) is 5.68. The summed E-state index contributed by atoms with van der Waals surface area (Å²) >= 11 is 9.60. The Labute approximate surface area is 459 Å². The number of rotatable bonds is 22. The van der Waals surface area contributed by atoms with E-state index in [0.29, 0.717) is 47.2 Å². The minimum Gasteiger partial charge on any atom is -0.483 e. The van der Waals surface area contributed by atoms with Gasteiger partial charge in [0.2, 0.25) is 5.91 Å². The molecule has 0 radical (unpaired) electrons. The molecule has 4 aromatic carbocycles. The quantitative estimate of drug-likeness (QED) is 0.0291. The van der Waals surface area contributed by atoms with Crippen molar-refractivity contribution in [1.82, 2.24) is 14.5 Å². The molecule has 4 atom stereocenters. The Bertz CT molecular complexity index is 2940. The highest BCUT2D eigenvalue weighted by atomic mass is 35.5. The van der Waals surface area contributed by atoms with Crippen LogP contribution in [0.15, 0.2) is 77.8 Å². The normalized spacial score (nSPS) is 20.4. The zero-order chi connectivity index (χ0) is 55.1. The molecule has 9 rings (SSSR count). The van der Waals surface area contributed by atoms with Gasteiger partial charge in [0.15, 0.2) is 23.2 Å². The van der Waals surface area contributed by atoms with Crippen molar-refractivity contribution in [3.63, 3.8) is 0 Å². The van der Waals surface area contributed by atoms with Gasteiger partial charge in [0, 0.05) is 85.9 Å². The number of carboxylic acids is 1. The zero-order valence-corrected chi connectivity index (χ0v) is 47.1. The Morgan fingerprint density at radius 2 is 1.72 bits per heavy atom. The maximum absolute atomic E-state index is 12.9. The highest BCUT2D eigenvalue weighted by Gasteiger charge is 2.65. The number of carbonyl (C=O) groups excluding carboxylic acids is 4. The Morgan fingerprint density at radius 1 is 0.987 bits per heavy atom. The number of halogens is 1. The van der Waals surface area contributed by atoms with E-state index in [0.717, 1.165) is 109 Å². The molecule has 3 saturated heterocycles. The number of likely N-dealkylation sites (tertiary alicyclic amines) is 1. The monoisotopic (exact) mass is 1090 g/mol. The largest absolute Gasteiger partial charge is 0.483 e. The minimum absolute atomic E-state index is 0.00951. The first-order chi connectivity index (χ1) is 36.4. The number of likely N-dealkylation sites (N-methyl/N-ethyl adjacent to an activating group) is 2. The first kappa shape index (κ1) is 57.9. The van der Waals surface area contributed by atoms with Gasteiger partial charge in [-0.15, -0.1) is 11.3 Å². The van der Waals surface area contributed by atoms with E-state index in [1.807, 2.05) is 72.4 Å². The fourth-order valence-corrected chi connectivity index (χ4v) is 14.8. The number of piperidine rings is 3. The summed E-state index contributed by atoms with van der Waals surface area (Å²) in [4.78, 5) is 68.9. The number of aliphatic hydroxyl groups excluding tert-OH is 1. The maximum atomic E-state index is 12.9. The zero-order valence-electron chi connectivity index (χ0n) is 44.7. The van der Waals surface area contributed by atoms with Gasteiger partial charge in [-0.05, 0) is 129 Å². The van der Waals surface area contributed by atoms with Crippen molar-refractivity contribution in [2.75, 3.05) is 57.8 Å². The Kier molecular flexibility index (Phi) is 18.8. The summed E-state index contributed by atoms with van der Waals surface area (Å²) in [6.45, 7) is 17.5. The molecule has 18 heteroatoms. The number of hydrogen-bond acceptors (Lipinski definition) is 15. The van der Waals surface area contributed by atoms with Gasteiger partial charge in [-0.25, -0.2) is 9.10 Å². The lowest BCUT2D eigenvalue weighted by Gasteiger charge is -2.70. The molecular weight excluding hydrogens is 1020 g/mol. The van der Waals surface area contributed by atoms with Gasteiger partial charge < -0.3 is 40.0 Å². The van der Waals surface area contributed by atoms with Crippen LogP contribution >= 0.6 is 34.9 Å². The molecule has 3 aliphatic heterocycles. The van der Waals surface area contributed by atoms with Crippen LogP contribution in [0.1, 0.15) is 110 Å². The molecule has 4 aliphatic rings. The third-order valence-electron chi connectivity index (χ3n) is 16.1. The highest BCUT2D eigenvalue weighted by molar-refractivity contribution is 7.96. The van der Waals surface area contributed by atoms with Crippen LogP contribution in [-0.2, 0) is 20.1 Å². The lowest BCUT2D eigenvalue weighted by molar-refractivity contribution is -0.138. The SMILES string of the molecule is C=Nc1cc(CSN2C(C)(C)C3CC(C)(C)C2(C)CC3Nc2cccc(-c3sc(C(=O)O)c(OCC=O)c3Cl)c2)ccc1OCN1CCC(c2ccc(N(C)C(CCC=O)C(=O)NC)c3c(C=O)cccc23)CC1.CO. The van der Waals surface area contributed by atoms with Crippen LogP contribution in [0.5, 0.6) is 11.5 Å². The van der Waals surface area contributed by atoms with Crippen molar-refractivity contribution in [1.29, 1.82) is 0 Å². The number of fused-ring (bicyclic) bond motifs is 4. The van der Waals surface area contributed by atoms with Crippen LogP contribution < -0.4 is 25.0 Å². The summed E-state index contributed by atoms with van der Waals surface area (Å²) < 4.78 is 14.5. The van der Waals surface area contributed by atoms with E-state index >= 15 is 0 Å². The van der Waals surface area contributed by atoms with Crippen LogP contribution in [0.4, 0.5) is 17.1 Å². The van der Waals surface area contributed by atoms with Gasteiger partial charge in [-0.3, -0.25) is 24.3 Å². The molecule has 0 spiro atoms. The molecule has 4 N–H and O–H groups in total. The first-order valence-corrected chi connectivity index (χ1v) is 27.8. The first-order valence-electron chi connectivity index (χ1n) is 25.6. The maximum Gasteiger partial charge on any atom is 0.349 e. The number of anilines is 2. The van der Waals surface area contributed by atoms with Crippen molar-refractivity contribution in [2.24, 2.45) is 16.3 Å². The summed E-state index contributed by atoms with van der Waals surface area (Å²) in [5, 5.41) is 25.5. The van der Waals surface area contributed by atoms with Gasteiger partial charge >= 0.3 is 5.97 Å². The minimum atomic E-state index is -1.16. The second-order valence-electron chi connectivity index (χ2n) is 21.1. The van der Waals surface area contributed by atoms with Gasteiger partial charge in [-0.1, -0.05) is 79.9 Å². The van der Waals surface area contributed by atoms with Crippen LogP contribution in [-0.4, -0.2) is 128 Å². The number of nitrogens with one attached hydrogen (secondary N) is 2. The van der Waals surface area contributed by atoms with E-state index in [4.69, 9.17) is 26.2 Å². The number of ether oxygens (including phenoxy) is 2. The molecule has 4 unspecified atom stereocenters. The van der Waals surface area contributed by atoms with Gasteiger partial charge in [0.25, 0.3) is 0 Å². The van der Waals surface area contributed by atoms with Crippen molar-refractivity contribution in [3.8, 4) is 21.9 Å². The second kappa shape index (κ2) is 24.7. The molecular formula is C58H71ClN6O9S2. The van der Waals surface area contributed by atoms with Crippen LogP contribution in [0.25, 0.3) is 21.2 Å². The van der Waals surface area contributed by atoms with E-state index in [1.165, 1.54) is 5.56 Å². The number of aldehydes is 3. The molecule has 406 valence electrons. The third-order valence-corrected chi connectivity index (χ3v) is 19.4. The molecule has 1 saturated carbocycles. The molecule has 2 bridgehead atoms. The van der Waals surface area contributed by atoms with Crippen molar-refractivity contribution < 1.29 is 43.7 Å². The van der Waals surface area contributed by atoms with Crippen molar-refractivity contribution >= 4 is 100 Å². The molecule has 5 aromatic rings. The van der Waals surface area contributed by atoms with E-state index < -0.39 is 12.0 Å². The fraction of sp³-hybridized carbons (Fsp3) is 0.448. The summed E-state index contributed by atoms with van der Waals surface area (Å²) in [7, 11) is 4.44. The van der Waals surface area contributed by atoms with Gasteiger partial charge in [-0.2, -0.15) is 0 Å². The predicted molar refractivity (Wildman–Crippen MR) is 307 cm³/mol. The van der Waals surface area contributed by atoms with Crippen molar-refractivity contribution in [2.45, 2.75) is 108 Å². The smallest absolute Gasteiger partial charge is 0.349 e.